The molecule has 2 amide bonds. The molecule has 3 rings (SSSR count). The molecule has 4 heteroatoms. The Bertz CT molecular complexity index is 746. The van der Waals surface area contributed by atoms with Crippen LogP contribution >= 0.6 is 0 Å². The molecule has 2 aromatic carbocycles. The zero-order chi connectivity index (χ0) is 15.7. The van der Waals surface area contributed by atoms with Crippen LogP contribution in [-0.2, 0) is 0 Å². The van der Waals surface area contributed by atoms with Gasteiger partial charge in [-0.15, -0.1) is 0 Å². The average molecular weight is 296 g/mol. The number of amides is 2. The number of hydrogen-bond acceptors (Lipinski definition) is 2. The molecule has 1 aliphatic rings. The maximum absolute atomic E-state index is 11.8. The largest absolute Gasteiger partial charge is 0.366 e. The Morgan fingerprint density at radius 3 is 2.27 bits per heavy atom. The molecule has 1 saturated carbocycles. The summed E-state index contributed by atoms with van der Waals surface area (Å²) in [5.74, 6) is -0.471. The molecule has 0 atom stereocenters. The zero-order valence-corrected chi connectivity index (χ0v) is 12.5. The normalized spacial score (nSPS) is 15.8. The lowest BCUT2D eigenvalue weighted by molar-refractivity contribution is 0.0991. The van der Waals surface area contributed by atoms with Crippen LogP contribution in [0, 0.1) is 0 Å². The summed E-state index contributed by atoms with van der Waals surface area (Å²) in [5.41, 5.74) is 13.1. The van der Waals surface area contributed by atoms with Gasteiger partial charge in [0.15, 0.2) is 0 Å². The quantitative estimate of drug-likeness (QED) is 0.911. The van der Waals surface area contributed by atoms with Gasteiger partial charge in [0.05, 0.1) is 0 Å². The molecule has 0 bridgehead atoms. The first kappa shape index (κ1) is 14.6. The predicted molar refractivity (Wildman–Crippen MR) is 86.8 cm³/mol. The van der Waals surface area contributed by atoms with E-state index >= 15 is 0 Å². The van der Waals surface area contributed by atoms with Crippen molar-refractivity contribution in [3.05, 3.63) is 47.0 Å². The van der Waals surface area contributed by atoms with Gasteiger partial charge in [0, 0.05) is 11.1 Å². The Balaban J connectivity index is 2.21. The van der Waals surface area contributed by atoms with Crippen molar-refractivity contribution in [1.29, 1.82) is 0 Å². The van der Waals surface area contributed by atoms with E-state index in [-0.39, 0.29) is 5.91 Å². The van der Waals surface area contributed by atoms with E-state index in [1.807, 2.05) is 12.1 Å². The summed E-state index contributed by atoms with van der Waals surface area (Å²) in [6, 6.07) is 9.02. The number of nitrogens with two attached hydrogens (primary N) is 2. The third-order valence-corrected chi connectivity index (χ3v) is 4.62. The maximum atomic E-state index is 11.8. The maximum Gasteiger partial charge on any atom is 0.249 e. The van der Waals surface area contributed by atoms with E-state index in [2.05, 4.69) is 0 Å². The van der Waals surface area contributed by atoms with E-state index in [1.165, 1.54) is 19.3 Å². The third-order valence-electron chi connectivity index (χ3n) is 4.62. The summed E-state index contributed by atoms with van der Waals surface area (Å²) in [7, 11) is 0. The van der Waals surface area contributed by atoms with Crippen molar-refractivity contribution in [2.24, 2.45) is 11.5 Å². The summed E-state index contributed by atoms with van der Waals surface area (Å²) < 4.78 is 0. The molecule has 114 valence electrons. The fraction of sp³-hybridized carbons (Fsp3) is 0.333. The van der Waals surface area contributed by atoms with Gasteiger partial charge in [-0.1, -0.05) is 31.4 Å². The van der Waals surface area contributed by atoms with Gasteiger partial charge in [-0.2, -0.15) is 0 Å². The van der Waals surface area contributed by atoms with Crippen molar-refractivity contribution in [1.82, 2.24) is 0 Å². The average Bonchev–Trinajstić information content (AvgIpc) is 2.53. The van der Waals surface area contributed by atoms with Crippen molar-refractivity contribution in [2.45, 2.75) is 38.0 Å². The third kappa shape index (κ3) is 2.56. The minimum Gasteiger partial charge on any atom is -0.366 e. The minimum absolute atomic E-state index is 0.361. The van der Waals surface area contributed by atoms with Crippen molar-refractivity contribution in [2.75, 3.05) is 0 Å². The second-order valence-electron chi connectivity index (χ2n) is 6.03. The van der Waals surface area contributed by atoms with E-state index in [0.717, 1.165) is 29.2 Å². The molecule has 0 unspecified atom stereocenters. The van der Waals surface area contributed by atoms with Crippen LogP contribution in [0.4, 0.5) is 0 Å². The first-order valence-corrected chi connectivity index (χ1v) is 7.74. The van der Waals surface area contributed by atoms with Crippen LogP contribution < -0.4 is 11.5 Å². The van der Waals surface area contributed by atoms with Gasteiger partial charge in [-0.05, 0) is 53.3 Å². The Morgan fingerprint density at radius 1 is 0.909 bits per heavy atom. The monoisotopic (exact) mass is 296 g/mol. The lowest BCUT2D eigenvalue weighted by Crippen LogP contribution is -2.17. The number of carbonyl (C=O) groups excluding carboxylic acids is 2. The molecular weight excluding hydrogens is 276 g/mol. The molecule has 22 heavy (non-hydrogen) atoms. The number of fused-ring (bicyclic) bond motifs is 1. The van der Waals surface area contributed by atoms with Gasteiger partial charge in [-0.25, -0.2) is 0 Å². The molecule has 1 fully saturated rings. The lowest BCUT2D eigenvalue weighted by Gasteiger charge is -2.25. The van der Waals surface area contributed by atoms with Crippen LogP contribution in [0.1, 0.15) is 64.3 Å². The molecule has 4 nitrogen and oxygen atoms in total. The molecular formula is C18H20N2O2. The second-order valence-corrected chi connectivity index (χ2v) is 6.03. The first-order valence-electron chi connectivity index (χ1n) is 7.74. The number of benzene rings is 2. The summed E-state index contributed by atoms with van der Waals surface area (Å²) >= 11 is 0. The van der Waals surface area contributed by atoms with E-state index < -0.39 is 5.91 Å². The van der Waals surface area contributed by atoms with Crippen molar-refractivity contribution >= 4 is 22.6 Å². The second kappa shape index (κ2) is 5.79. The molecule has 4 N–H and O–H groups in total. The fourth-order valence-electron chi connectivity index (χ4n) is 3.55. The predicted octanol–water partition coefficient (Wildman–Crippen LogP) is 3.09. The molecule has 0 heterocycles. The molecule has 0 spiro atoms. The van der Waals surface area contributed by atoms with E-state index in [1.54, 1.807) is 18.2 Å². The van der Waals surface area contributed by atoms with Crippen LogP contribution in [0.3, 0.4) is 0 Å². The van der Waals surface area contributed by atoms with Crippen molar-refractivity contribution in [3.63, 3.8) is 0 Å². The number of primary amides is 2. The van der Waals surface area contributed by atoms with Crippen LogP contribution in [-0.4, -0.2) is 11.8 Å². The highest BCUT2D eigenvalue weighted by Gasteiger charge is 2.23. The van der Waals surface area contributed by atoms with Crippen LogP contribution in [0.25, 0.3) is 10.8 Å². The molecule has 0 saturated heterocycles. The van der Waals surface area contributed by atoms with Crippen molar-refractivity contribution < 1.29 is 9.59 Å². The Hall–Kier alpha value is -2.36. The Labute approximate surface area is 129 Å². The van der Waals surface area contributed by atoms with Crippen LogP contribution in [0.5, 0.6) is 0 Å². The van der Waals surface area contributed by atoms with Crippen LogP contribution in [0.2, 0.25) is 0 Å². The van der Waals surface area contributed by atoms with Gasteiger partial charge < -0.3 is 11.5 Å². The smallest absolute Gasteiger partial charge is 0.249 e. The summed E-state index contributed by atoms with van der Waals surface area (Å²) in [5, 5.41) is 1.94. The zero-order valence-electron chi connectivity index (χ0n) is 12.5. The topological polar surface area (TPSA) is 86.2 Å². The number of carbonyl (C=O) groups is 2. The number of hydrogen-bond donors (Lipinski definition) is 2. The number of rotatable bonds is 3. The summed E-state index contributed by atoms with van der Waals surface area (Å²) in [6.07, 6.45) is 5.77. The van der Waals surface area contributed by atoms with Crippen molar-refractivity contribution in [3.8, 4) is 0 Å². The van der Waals surface area contributed by atoms with Crippen LogP contribution in [0.15, 0.2) is 30.3 Å². The Morgan fingerprint density at radius 2 is 1.64 bits per heavy atom. The Kier molecular flexibility index (Phi) is 3.84. The molecule has 1 aliphatic carbocycles. The standard InChI is InChI=1S/C18H20N2O2/c19-17(21)13-7-8-14-12(10-13)6-9-15(18(20)22)16(14)11-4-2-1-3-5-11/h6-11H,1-5H2,(H2,19,21)(H2,20,22). The molecule has 0 radical (unpaired) electrons. The summed E-state index contributed by atoms with van der Waals surface area (Å²) in [6.45, 7) is 0. The van der Waals surface area contributed by atoms with Gasteiger partial charge in [-0.3, -0.25) is 9.59 Å². The van der Waals surface area contributed by atoms with Gasteiger partial charge in [0.2, 0.25) is 11.8 Å². The summed E-state index contributed by atoms with van der Waals surface area (Å²) in [4.78, 5) is 23.2. The lowest BCUT2D eigenvalue weighted by atomic mass is 9.79. The highest BCUT2D eigenvalue weighted by atomic mass is 16.1. The van der Waals surface area contributed by atoms with E-state index in [4.69, 9.17) is 11.5 Å². The van der Waals surface area contributed by atoms with Gasteiger partial charge in [0.25, 0.3) is 0 Å². The van der Waals surface area contributed by atoms with Gasteiger partial charge >= 0.3 is 0 Å². The SMILES string of the molecule is NC(=O)c1ccc2c(C3CCCCC3)c(C(N)=O)ccc2c1. The van der Waals surface area contributed by atoms with E-state index in [9.17, 15) is 9.59 Å². The highest BCUT2D eigenvalue weighted by molar-refractivity contribution is 6.03. The highest BCUT2D eigenvalue weighted by Crippen LogP contribution is 2.38. The fourth-order valence-corrected chi connectivity index (χ4v) is 3.55. The molecule has 0 aromatic heterocycles. The molecule has 2 aromatic rings. The first-order chi connectivity index (χ1) is 10.6. The van der Waals surface area contributed by atoms with Gasteiger partial charge in [0.1, 0.15) is 0 Å². The molecule has 0 aliphatic heterocycles. The minimum atomic E-state index is -0.444. The van der Waals surface area contributed by atoms with E-state index in [0.29, 0.717) is 17.0 Å².